The first kappa shape index (κ1) is 15.6. The van der Waals surface area contributed by atoms with E-state index >= 15 is 0 Å². The molecular weight excluding hydrogens is 280 g/mol. The predicted octanol–water partition coefficient (Wildman–Crippen LogP) is 2.62. The molecular formula is C17H18N2O3. The van der Waals surface area contributed by atoms with Crippen LogP contribution in [0.25, 0.3) is 0 Å². The summed E-state index contributed by atoms with van der Waals surface area (Å²) >= 11 is 0. The number of hydrogen-bond acceptors (Lipinski definition) is 3. The van der Waals surface area contributed by atoms with E-state index in [4.69, 9.17) is 4.74 Å². The van der Waals surface area contributed by atoms with Crippen LogP contribution in [0.3, 0.4) is 0 Å². The van der Waals surface area contributed by atoms with Gasteiger partial charge in [0.05, 0.1) is 12.8 Å². The van der Waals surface area contributed by atoms with Gasteiger partial charge >= 0.3 is 0 Å². The van der Waals surface area contributed by atoms with Gasteiger partial charge in [-0.1, -0.05) is 18.2 Å². The molecule has 0 aliphatic rings. The quantitative estimate of drug-likeness (QED) is 0.911. The third-order valence-electron chi connectivity index (χ3n) is 3.33. The Morgan fingerprint density at radius 3 is 2.41 bits per heavy atom. The highest BCUT2D eigenvalue weighted by Gasteiger charge is 2.13. The summed E-state index contributed by atoms with van der Waals surface area (Å²) in [5, 5.41) is 5.35. The lowest BCUT2D eigenvalue weighted by Crippen LogP contribution is -2.18. The Hall–Kier alpha value is -2.82. The first-order valence-corrected chi connectivity index (χ1v) is 6.84. The molecule has 0 saturated heterocycles. The monoisotopic (exact) mass is 298 g/mol. The van der Waals surface area contributed by atoms with E-state index in [0.29, 0.717) is 22.6 Å². The molecule has 2 N–H and O–H groups in total. The van der Waals surface area contributed by atoms with Gasteiger partial charge in [-0.2, -0.15) is 0 Å². The van der Waals surface area contributed by atoms with Crippen LogP contribution in [0, 0.1) is 6.92 Å². The molecule has 0 atom stereocenters. The van der Waals surface area contributed by atoms with Gasteiger partial charge in [0.25, 0.3) is 11.8 Å². The maximum atomic E-state index is 12.3. The summed E-state index contributed by atoms with van der Waals surface area (Å²) in [5.41, 5.74) is 2.47. The lowest BCUT2D eigenvalue weighted by molar-refractivity contribution is 0.0962. The van der Waals surface area contributed by atoms with E-state index in [0.717, 1.165) is 5.56 Å². The van der Waals surface area contributed by atoms with Crippen molar-refractivity contribution in [1.29, 1.82) is 0 Å². The third-order valence-corrected chi connectivity index (χ3v) is 3.33. The van der Waals surface area contributed by atoms with Gasteiger partial charge in [0, 0.05) is 18.2 Å². The molecule has 0 heterocycles. The van der Waals surface area contributed by atoms with E-state index in [2.05, 4.69) is 10.6 Å². The van der Waals surface area contributed by atoms with Crippen molar-refractivity contribution in [1.82, 2.24) is 5.32 Å². The van der Waals surface area contributed by atoms with Crippen LogP contribution in [0.15, 0.2) is 42.5 Å². The van der Waals surface area contributed by atoms with Crippen LogP contribution in [0.5, 0.6) is 5.75 Å². The number of carbonyl (C=O) groups excluding carboxylic acids is 2. The van der Waals surface area contributed by atoms with Gasteiger partial charge in [0.15, 0.2) is 0 Å². The van der Waals surface area contributed by atoms with Gasteiger partial charge in [-0.05, 0) is 36.8 Å². The maximum absolute atomic E-state index is 12.3. The highest BCUT2D eigenvalue weighted by Crippen LogP contribution is 2.26. The molecule has 2 rings (SSSR count). The second kappa shape index (κ2) is 6.76. The van der Waals surface area contributed by atoms with Crippen LogP contribution >= 0.6 is 0 Å². The Balaban J connectivity index is 2.28. The first-order chi connectivity index (χ1) is 10.6. The van der Waals surface area contributed by atoms with Crippen LogP contribution < -0.4 is 15.4 Å². The fraction of sp³-hybridized carbons (Fsp3) is 0.176. The summed E-state index contributed by atoms with van der Waals surface area (Å²) in [6, 6.07) is 12.2. The Morgan fingerprint density at radius 2 is 1.77 bits per heavy atom. The fourth-order valence-electron chi connectivity index (χ4n) is 2.10. The van der Waals surface area contributed by atoms with Crippen molar-refractivity contribution < 1.29 is 14.3 Å². The number of benzene rings is 2. The number of anilines is 1. The minimum absolute atomic E-state index is 0.213. The maximum Gasteiger partial charge on any atom is 0.256 e. The lowest BCUT2D eigenvalue weighted by atomic mass is 10.1. The molecule has 2 aromatic rings. The molecule has 5 heteroatoms. The Kier molecular flexibility index (Phi) is 4.78. The average Bonchev–Trinajstić information content (AvgIpc) is 2.54. The lowest BCUT2D eigenvalue weighted by Gasteiger charge is -2.12. The van der Waals surface area contributed by atoms with Crippen LogP contribution in [0.1, 0.15) is 26.3 Å². The van der Waals surface area contributed by atoms with Crippen molar-refractivity contribution in [3.63, 3.8) is 0 Å². The fourth-order valence-corrected chi connectivity index (χ4v) is 2.10. The zero-order valence-electron chi connectivity index (χ0n) is 12.8. The second-order valence-corrected chi connectivity index (χ2v) is 4.76. The minimum atomic E-state index is -0.218. The topological polar surface area (TPSA) is 67.4 Å². The van der Waals surface area contributed by atoms with Crippen molar-refractivity contribution in [3.05, 3.63) is 59.2 Å². The predicted molar refractivity (Wildman–Crippen MR) is 85.5 cm³/mol. The SMILES string of the molecule is CNC(=O)c1ccc(NC(=O)c2ccccc2C)c(OC)c1. The minimum Gasteiger partial charge on any atom is -0.495 e. The standard InChI is InChI=1S/C17H18N2O3/c1-11-6-4-5-7-13(11)17(21)19-14-9-8-12(16(20)18-2)10-15(14)22-3/h4-10H,1-3H3,(H,18,20)(H,19,21). The normalized spacial score (nSPS) is 9.95. The summed E-state index contributed by atoms with van der Waals surface area (Å²) in [5.74, 6) is 0.00204. The smallest absolute Gasteiger partial charge is 0.256 e. The zero-order valence-corrected chi connectivity index (χ0v) is 12.8. The molecule has 5 nitrogen and oxygen atoms in total. The van der Waals surface area contributed by atoms with E-state index < -0.39 is 0 Å². The van der Waals surface area contributed by atoms with Gasteiger partial charge in [0.2, 0.25) is 0 Å². The van der Waals surface area contributed by atoms with E-state index in [-0.39, 0.29) is 11.8 Å². The molecule has 114 valence electrons. The number of amides is 2. The summed E-state index contributed by atoms with van der Waals surface area (Å²) < 4.78 is 5.25. The van der Waals surface area contributed by atoms with E-state index in [9.17, 15) is 9.59 Å². The molecule has 0 aromatic heterocycles. The highest BCUT2D eigenvalue weighted by atomic mass is 16.5. The molecule has 0 spiro atoms. The number of ether oxygens (including phenoxy) is 1. The second-order valence-electron chi connectivity index (χ2n) is 4.76. The highest BCUT2D eigenvalue weighted by molar-refractivity contribution is 6.06. The van der Waals surface area contributed by atoms with Crippen LogP contribution in [-0.2, 0) is 0 Å². The zero-order chi connectivity index (χ0) is 16.1. The molecule has 0 unspecified atom stereocenters. The summed E-state index contributed by atoms with van der Waals surface area (Å²) in [6.45, 7) is 1.88. The molecule has 0 bridgehead atoms. The Morgan fingerprint density at radius 1 is 1.05 bits per heavy atom. The van der Waals surface area contributed by atoms with Gasteiger partial charge in [0.1, 0.15) is 5.75 Å². The molecule has 2 amide bonds. The Bertz CT molecular complexity index is 711. The number of hydrogen-bond donors (Lipinski definition) is 2. The number of nitrogens with one attached hydrogen (secondary N) is 2. The van der Waals surface area contributed by atoms with Gasteiger partial charge < -0.3 is 15.4 Å². The van der Waals surface area contributed by atoms with E-state index in [1.807, 2.05) is 25.1 Å². The van der Waals surface area contributed by atoms with Crippen molar-refractivity contribution >= 4 is 17.5 Å². The van der Waals surface area contributed by atoms with Crippen molar-refractivity contribution in [3.8, 4) is 5.75 Å². The summed E-state index contributed by atoms with van der Waals surface area (Å²) in [6.07, 6.45) is 0. The van der Waals surface area contributed by atoms with Gasteiger partial charge in [-0.3, -0.25) is 9.59 Å². The first-order valence-electron chi connectivity index (χ1n) is 6.84. The van der Waals surface area contributed by atoms with Crippen molar-refractivity contribution in [2.75, 3.05) is 19.5 Å². The van der Waals surface area contributed by atoms with Crippen molar-refractivity contribution in [2.45, 2.75) is 6.92 Å². The van der Waals surface area contributed by atoms with Gasteiger partial charge in [-0.15, -0.1) is 0 Å². The average molecular weight is 298 g/mol. The number of methoxy groups -OCH3 is 1. The van der Waals surface area contributed by atoms with E-state index in [1.54, 1.807) is 31.3 Å². The number of carbonyl (C=O) groups is 2. The number of aryl methyl sites for hydroxylation is 1. The molecule has 0 saturated carbocycles. The molecule has 22 heavy (non-hydrogen) atoms. The van der Waals surface area contributed by atoms with Crippen LogP contribution in [0.2, 0.25) is 0 Å². The number of rotatable bonds is 4. The third kappa shape index (κ3) is 3.25. The van der Waals surface area contributed by atoms with E-state index in [1.165, 1.54) is 7.11 Å². The molecule has 0 aliphatic carbocycles. The molecule has 0 radical (unpaired) electrons. The van der Waals surface area contributed by atoms with Crippen molar-refractivity contribution in [2.24, 2.45) is 0 Å². The van der Waals surface area contributed by atoms with Gasteiger partial charge in [-0.25, -0.2) is 0 Å². The summed E-state index contributed by atoms with van der Waals surface area (Å²) in [4.78, 5) is 24.0. The Labute approximate surface area is 129 Å². The molecule has 2 aromatic carbocycles. The summed E-state index contributed by atoms with van der Waals surface area (Å²) in [7, 11) is 3.05. The largest absolute Gasteiger partial charge is 0.495 e. The molecule has 0 aliphatic heterocycles. The van der Waals surface area contributed by atoms with Crippen LogP contribution in [0.4, 0.5) is 5.69 Å². The molecule has 0 fully saturated rings. The van der Waals surface area contributed by atoms with Crippen LogP contribution in [-0.4, -0.2) is 26.0 Å².